The van der Waals surface area contributed by atoms with Crippen molar-refractivity contribution in [3.05, 3.63) is 74.4 Å². The Kier molecular flexibility index (Phi) is 13.0. The molecule has 134 valence electrons. The van der Waals surface area contributed by atoms with Crippen LogP contribution in [-0.4, -0.2) is 19.3 Å². The summed E-state index contributed by atoms with van der Waals surface area (Å²) >= 11 is 0. The van der Waals surface area contributed by atoms with Crippen LogP contribution in [-0.2, 0) is 21.7 Å². The number of benzene rings is 1. The number of nitrogens with one attached hydrogen (secondary N) is 2. The average Bonchev–Trinajstić information content (AvgIpc) is 3.04. The second kappa shape index (κ2) is 12.4. The molecule has 0 aliphatic carbocycles. The van der Waals surface area contributed by atoms with Gasteiger partial charge in [-0.15, -0.1) is 61.0 Å². The molecule has 2 nitrogen and oxygen atoms in total. The summed E-state index contributed by atoms with van der Waals surface area (Å²) in [6.45, 7) is 13.7. The predicted octanol–water partition coefficient (Wildman–Crippen LogP) is 6.69. The Labute approximate surface area is 171 Å². The van der Waals surface area contributed by atoms with Crippen molar-refractivity contribution >= 4 is 19.6 Å². The Morgan fingerprint density at radius 1 is 1.08 bits per heavy atom. The minimum Gasteiger partial charge on any atom is -0.673 e. The van der Waals surface area contributed by atoms with Crippen LogP contribution in [0.5, 0.6) is 0 Å². The molecule has 25 heavy (non-hydrogen) atoms. The molecule has 0 fully saturated rings. The number of hydrogen-bond acceptors (Lipinski definition) is 0. The molecule has 0 atom stereocenters. The number of hydrogen-bond donors (Lipinski definition) is 1. The zero-order valence-electron chi connectivity index (χ0n) is 16.5. The van der Waals surface area contributed by atoms with Crippen LogP contribution in [0.1, 0.15) is 20.8 Å². The van der Waals surface area contributed by atoms with Crippen molar-refractivity contribution in [2.24, 2.45) is 0 Å². The minimum absolute atomic E-state index is 0. The van der Waals surface area contributed by atoms with Crippen LogP contribution in [0.3, 0.4) is 0 Å². The van der Waals surface area contributed by atoms with E-state index in [1.54, 1.807) is 0 Å². The molecule has 1 heterocycles. The number of aromatic nitrogens is 1. The van der Waals surface area contributed by atoms with E-state index in [2.05, 4.69) is 67.1 Å². The average molecular weight is 388 g/mol. The first-order valence-corrected chi connectivity index (χ1v) is 11.2. The second-order valence-corrected chi connectivity index (χ2v) is 9.85. The van der Waals surface area contributed by atoms with Gasteiger partial charge in [-0.2, -0.15) is 0 Å². The minimum atomic E-state index is -0.389. The molecule has 1 aromatic heterocycles. The molecule has 4 heteroatoms. The van der Waals surface area contributed by atoms with Gasteiger partial charge in [-0.1, -0.05) is 39.9 Å². The van der Waals surface area contributed by atoms with Gasteiger partial charge in [-0.05, 0) is 17.8 Å². The SMILES string of the molecule is CC(C)(C)[NH-].[CH2-][SiH](C)C.[CH3-].[Ti+4].c1c[nH]c(-c2c[cH-]c3ccccc23)c1. The predicted molar refractivity (Wildman–Crippen MR) is 114 cm³/mol. The van der Waals surface area contributed by atoms with E-state index >= 15 is 0 Å². The first-order valence-electron chi connectivity index (χ1n) is 8.04. The molecule has 0 unspecified atom stereocenters. The summed E-state index contributed by atoms with van der Waals surface area (Å²) in [6, 6.07) is 16.9. The standard InChI is InChI=1S/C13H10N.C4H10N.C3H9Si.CH3.Ti/c1-2-5-11-10(4-1)7-8-12(11)13-6-3-9-14-13;1-4(2,3)5;1-4(2)3;;/h1-9,14H;5H,1-3H3;4H,1H2,2-3H3;1H3;/q4*-1;+4. The third kappa shape index (κ3) is 11.3. The van der Waals surface area contributed by atoms with Gasteiger partial charge in [0.2, 0.25) is 0 Å². The van der Waals surface area contributed by atoms with Crippen molar-refractivity contribution in [3.8, 4) is 11.3 Å². The van der Waals surface area contributed by atoms with E-state index in [1.165, 1.54) is 22.0 Å². The van der Waals surface area contributed by atoms with Crippen LogP contribution in [0.2, 0.25) is 13.1 Å². The van der Waals surface area contributed by atoms with Gasteiger partial charge in [0, 0.05) is 6.20 Å². The van der Waals surface area contributed by atoms with E-state index < -0.39 is 0 Å². The van der Waals surface area contributed by atoms with Gasteiger partial charge < -0.3 is 24.7 Å². The summed E-state index contributed by atoms with van der Waals surface area (Å²) in [5.74, 6) is 0. The summed E-state index contributed by atoms with van der Waals surface area (Å²) in [7, 11) is -0.389. The van der Waals surface area contributed by atoms with Gasteiger partial charge in [0.25, 0.3) is 0 Å². The fourth-order valence-corrected chi connectivity index (χ4v) is 1.88. The largest absolute Gasteiger partial charge is 4.00 e. The van der Waals surface area contributed by atoms with Crippen molar-refractivity contribution in [1.82, 2.24) is 4.98 Å². The maximum absolute atomic E-state index is 6.94. The molecule has 0 radical (unpaired) electrons. The first kappa shape index (κ1) is 26.2. The molecule has 2 aromatic carbocycles. The van der Waals surface area contributed by atoms with Crippen molar-refractivity contribution in [3.63, 3.8) is 0 Å². The zero-order valence-corrected chi connectivity index (χ0v) is 19.2. The monoisotopic (exact) mass is 388 g/mol. The summed E-state index contributed by atoms with van der Waals surface area (Å²) < 4.78 is 0. The second-order valence-electron chi connectivity index (χ2n) is 7.06. The molecule has 0 amide bonds. The first-order chi connectivity index (χ1) is 10.7. The van der Waals surface area contributed by atoms with Gasteiger partial charge in [0.15, 0.2) is 0 Å². The van der Waals surface area contributed by atoms with Gasteiger partial charge in [0.05, 0.1) is 0 Å². The fourth-order valence-electron chi connectivity index (χ4n) is 1.88. The summed E-state index contributed by atoms with van der Waals surface area (Å²) in [4.78, 5) is 3.23. The van der Waals surface area contributed by atoms with Crippen LogP contribution in [0.4, 0.5) is 0 Å². The topological polar surface area (TPSA) is 39.6 Å². The fraction of sp³-hybridized carbons (Fsp3) is 0.286. The van der Waals surface area contributed by atoms with E-state index in [0.29, 0.717) is 0 Å². The zero-order chi connectivity index (χ0) is 17.5. The summed E-state index contributed by atoms with van der Waals surface area (Å²) in [5, 5.41) is 2.62. The van der Waals surface area contributed by atoms with Crippen molar-refractivity contribution in [1.29, 1.82) is 0 Å². The normalized spacial score (nSPS) is 9.92. The van der Waals surface area contributed by atoms with E-state index in [4.69, 9.17) is 5.73 Å². The molecule has 0 spiro atoms. The van der Waals surface area contributed by atoms with Gasteiger partial charge in [0.1, 0.15) is 0 Å². The van der Waals surface area contributed by atoms with Crippen LogP contribution < -0.4 is 0 Å². The van der Waals surface area contributed by atoms with Gasteiger partial charge >= 0.3 is 21.7 Å². The van der Waals surface area contributed by atoms with E-state index in [-0.39, 0.29) is 43.5 Å². The number of aromatic amines is 1. The molecule has 0 saturated carbocycles. The third-order valence-corrected chi connectivity index (χ3v) is 2.57. The molecule has 0 aliphatic rings. The molecule has 0 aliphatic heterocycles. The van der Waals surface area contributed by atoms with Crippen LogP contribution in [0.15, 0.2) is 54.7 Å². The molecule has 0 bridgehead atoms. The van der Waals surface area contributed by atoms with Gasteiger partial charge in [-0.25, -0.2) is 0 Å². The van der Waals surface area contributed by atoms with Crippen LogP contribution >= 0.6 is 0 Å². The maximum Gasteiger partial charge on any atom is 4.00 e. The summed E-state index contributed by atoms with van der Waals surface area (Å²) in [5.41, 5.74) is 9.16. The van der Waals surface area contributed by atoms with Crippen LogP contribution in [0, 0.1) is 14.0 Å². The molecule has 0 saturated heterocycles. The van der Waals surface area contributed by atoms with Crippen molar-refractivity contribution in [2.45, 2.75) is 39.4 Å². The van der Waals surface area contributed by atoms with E-state index in [9.17, 15) is 0 Å². The Bertz CT molecular complexity index is 671. The smallest absolute Gasteiger partial charge is 0.673 e. The molecular formula is C21H32N2SiTi. The molecule has 3 rings (SSSR count). The summed E-state index contributed by atoms with van der Waals surface area (Å²) in [6.07, 6.45) is 1.96. The van der Waals surface area contributed by atoms with Crippen LogP contribution in [0.25, 0.3) is 27.8 Å². The molecular weight excluding hydrogens is 356 g/mol. The third-order valence-electron chi connectivity index (χ3n) is 2.57. The Hall–Kier alpha value is -0.999. The quantitative estimate of drug-likeness (QED) is 0.357. The number of fused-ring (bicyclic) bond motifs is 1. The Morgan fingerprint density at radius 3 is 2.08 bits per heavy atom. The molecule has 3 aromatic rings. The molecule has 2 N–H and O–H groups in total. The van der Waals surface area contributed by atoms with Gasteiger partial charge in [-0.3, -0.25) is 0 Å². The Morgan fingerprint density at radius 2 is 1.60 bits per heavy atom. The van der Waals surface area contributed by atoms with Crippen molar-refractivity contribution in [2.75, 3.05) is 0 Å². The Balaban J connectivity index is 0. The van der Waals surface area contributed by atoms with Crippen molar-refractivity contribution < 1.29 is 21.7 Å². The number of rotatable bonds is 1. The maximum atomic E-state index is 6.94. The van der Waals surface area contributed by atoms with E-state index in [0.717, 1.165) is 0 Å². The van der Waals surface area contributed by atoms with E-state index in [1.807, 2.05) is 33.0 Å². The number of H-pyrrole nitrogens is 1.